The van der Waals surface area contributed by atoms with Gasteiger partial charge in [0.05, 0.1) is 0 Å². The smallest absolute Gasteiger partial charge is 0.266 e. The molecule has 0 fully saturated rings. The summed E-state index contributed by atoms with van der Waals surface area (Å²) in [7, 11) is 0. The van der Waals surface area contributed by atoms with E-state index in [1.807, 2.05) is 12.1 Å². The minimum absolute atomic E-state index is 0.0944. The molecular weight excluding hydrogens is 350 g/mol. The Morgan fingerprint density at radius 1 is 1.36 bits per heavy atom. The van der Waals surface area contributed by atoms with Crippen LogP contribution in [0.25, 0.3) is 0 Å². The lowest BCUT2D eigenvalue weighted by Crippen LogP contribution is -2.43. The monoisotopic (exact) mass is 361 g/mol. The number of rotatable bonds is 3. The summed E-state index contributed by atoms with van der Waals surface area (Å²) in [6, 6.07) is 10.7. The number of nitrogens with one attached hydrogen (secondary N) is 1. The van der Waals surface area contributed by atoms with Crippen LogP contribution in [0.3, 0.4) is 0 Å². The van der Waals surface area contributed by atoms with Gasteiger partial charge in [-0.15, -0.1) is 0 Å². The van der Waals surface area contributed by atoms with Crippen molar-refractivity contribution in [3.63, 3.8) is 0 Å². The lowest BCUT2D eigenvalue weighted by molar-refractivity contribution is -0.123. The number of fused-ring (bicyclic) bond motifs is 1. The van der Waals surface area contributed by atoms with E-state index in [0.29, 0.717) is 17.3 Å². The second kappa shape index (κ2) is 6.15. The van der Waals surface area contributed by atoms with Crippen molar-refractivity contribution in [2.75, 3.05) is 23.4 Å². The van der Waals surface area contributed by atoms with Crippen molar-refractivity contribution >= 4 is 39.2 Å². The normalized spacial score (nSPS) is 13.3. The minimum Gasteiger partial charge on any atom is -0.480 e. The first-order chi connectivity index (χ1) is 10.6. The van der Waals surface area contributed by atoms with Gasteiger partial charge in [-0.3, -0.25) is 14.5 Å². The van der Waals surface area contributed by atoms with Gasteiger partial charge in [0.15, 0.2) is 18.2 Å². The van der Waals surface area contributed by atoms with Crippen LogP contribution in [-0.4, -0.2) is 29.9 Å². The van der Waals surface area contributed by atoms with E-state index in [-0.39, 0.29) is 25.0 Å². The molecule has 3 rings (SSSR count). The number of benzene rings is 1. The van der Waals surface area contributed by atoms with Gasteiger partial charge in [0.1, 0.15) is 6.54 Å². The Morgan fingerprint density at radius 2 is 2.23 bits per heavy atom. The van der Waals surface area contributed by atoms with Gasteiger partial charge in [0, 0.05) is 16.4 Å². The number of aromatic nitrogens is 1. The van der Waals surface area contributed by atoms with Crippen molar-refractivity contribution in [2.45, 2.75) is 0 Å². The third-order valence-electron chi connectivity index (χ3n) is 3.07. The zero-order chi connectivity index (χ0) is 15.5. The summed E-state index contributed by atoms with van der Waals surface area (Å²) in [6.07, 6.45) is 1.56. The van der Waals surface area contributed by atoms with Gasteiger partial charge < -0.3 is 10.1 Å². The molecule has 0 saturated heterocycles. The Hall–Kier alpha value is -2.41. The molecule has 22 heavy (non-hydrogen) atoms. The van der Waals surface area contributed by atoms with E-state index in [9.17, 15) is 9.59 Å². The van der Waals surface area contributed by atoms with Crippen molar-refractivity contribution in [1.82, 2.24) is 4.98 Å². The van der Waals surface area contributed by atoms with Crippen molar-refractivity contribution < 1.29 is 14.3 Å². The summed E-state index contributed by atoms with van der Waals surface area (Å²) in [5.41, 5.74) is 0.654. The van der Waals surface area contributed by atoms with Crippen LogP contribution in [0.2, 0.25) is 0 Å². The third-order valence-corrected chi connectivity index (χ3v) is 3.56. The Balaban J connectivity index is 1.75. The number of pyridine rings is 1. The molecule has 1 N–H and O–H groups in total. The second-order valence-electron chi connectivity index (χ2n) is 4.65. The Morgan fingerprint density at radius 3 is 3.05 bits per heavy atom. The lowest BCUT2D eigenvalue weighted by atomic mass is 10.3. The molecule has 0 unspecified atom stereocenters. The maximum absolute atomic E-state index is 12.2. The van der Waals surface area contributed by atoms with Gasteiger partial charge in [-0.25, -0.2) is 4.98 Å². The van der Waals surface area contributed by atoms with Gasteiger partial charge in [-0.05, 0) is 30.3 Å². The molecule has 6 nitrogen and oxygen atoms in total. The molecule has 112 valence electrons. The molecule has 0 bridgehead atoms. The molecule has 0 spiro atoms. The molecule has 0 atom stereocenters. The van der Waals surface area contributed by atoms with Crippen LogP contribution in [0.4, 0.5) is 11.5 Å². The van der Waals surface area contributed by atoms with Crippen molar-refractivity contribution in [1.29, 1.82) is 0 Å². The van der Waals surface area contributed by atoms with Crippen molar-refractivity contribution in [3.8, 4) is 5.75 Å². The number of amides is 2. The molecule has 0 saturated carbocycles. The largest absolute Gasteiger partial charge is 0.480 e. The van der Waals surface area contributed by atoms with Crippen LogP contribution >= 0.6 is 15.9 Å². The summed E-state index contributed by atoms with van der Waals surface area (Å²) < 4.78 is 6.15. The summed E-state index contributed by atoms with van der Waals surface area (Å²) in [5, 5.41) is 2.75. The average Bonchev–Trinajstić information content (AvgIpc) is 2.50. The Labute approximate surface area is 135 Å². The highest BCUT2D eigenvalue weighted by Gasteiger charge is 2.28. The van der Waals surface area contributed by atoms with Crippen LogP contribution in [0.1, 0.15) is 0 Å². The molecule has 1 aromatic carbocycles. The zero-order valence-electron chi connectivity index (χ0n) is 11.5. The number of carbonyl (C=O) groups is 2. The first-order valence-corrected chi connectivity index (χ1v) is 7.36. The van der Waals surface area contributed by atoms with Crippen LogP contribution < -0.4 is 15.0 Å². The molecule has 7 heteroatoms. The molecule has 1 aromatic heterocycles. The van der Waals surface area contributed by atoms with Crippen LogP contribution in [-0.2, 0) is 9.59 Å². The quantitative estimate of drug-likeness (QED) is 0.909. The first-order valence-electron chi connectivity index (χ1n) is 6.57. The number of ether oxygens (including phenoxy) is 1. The maximum Gasteiger partial charge on any atom is 0.266 e. The minimum atomic E-state index is -0.301. The first kappa shape index (κ1) is 14.5. The maximum atomic E-state index is 12.2. The number of halogens is 1. The van der Waals surface area contributed by atoms with Gasteiger partial charge in [-0.1, -0.05) is 22.0 Å². The van der Waals surface area contributed by atoms with Crippen molar-refractivity contribution in [2.24, 2.45) is 0 Å². The second-order valence-corrected chi connectivity index (χ2v) is 5.57. The standard InChI is InChI=1S/C15H12BrN3O3/c16-10-3-1-4-11(7-10)18-13(20)8-19-14(21)9-22-12-5-2-6-17-15(12)19/h1-7H,8-9H2,(H,18,20). The highest BCUT2D eigenvalue weighted by molar-refractivity contribution is 9.10. The van der Waals surface area contributed by atoms with E-state index in [1.165, 1.54) is 4.90 Å². The average molecular weight is 362 g/mol. The number of hydrogen-bond acceptors (Lipinski definition) is 4. The SMILES string of the molecule is O=C(CN1C(=O)COc2cccnc21)Nc1cccc(Br)c1. The summed E-state index contributed by atoms with van der Waals surface area (Å²) >= 11 is 3.34. The fourth-order valence-electron chi connectivity index (χ4n) is 2.11. The highest BCUT2D eigenvalue weighted by Crippen LogP contribution is 2.28. The van der Waals surface area contributed by atoms with E-state index in [0.717, 1.165) is 4.47 Å². The third kappa shape index (κ3) is 3.09. The molecule has 1 aliphatic heterocycles. The fourth-order valence-corrected chi connectivity index (χ4v) is 2.51. The van der Waals surface area contributed by atoms with E-state index in [1.54, 1.807) is 30.5 Å². The van der Waals surface area contributed by atoms with E-state index in [2.05, 4.69) is 26.2 Å². The summed E-state index contributed by atoms with van der Waals surface area (Å²) in [4.78, 5) is 29.6. The van der Waals surface area contributed by atoms with Crippen LogP contribution in [0.5, 0.6) is 5.75 Å². The van der Waals surface area contributed by atoms with Crippen molar-refractivity contribution in [3.05, 3.63) is 47.1 Å². The highest BCUT2D eigenvalue weighted by atomic mass is 79.9. The number of anilines is 2. The van der Waals surface area contributed by atoms with Gasteiger partial charge >= 0.3 is 0 Å². The van der Waals surface area contributed by atoms with Crippen LogP contribution in [0.15, 0.2) is 47.1 Å². The Bertz CT molecular complexity index is 735. The molecule has 2 aromatic rings. The number of nitrogens with zero attached hydrogens (tertiary/aromatic N) is 2. The topological polar surface area (TPSA) is 71.5 Å². The van der Waals surface area contributed by atoms with Gasteiger partial charge in [0.2, 0.25) is 5.91 Å². The number of carbonyl (C=O) groups excluding carboxylic acids is 2. The van der Waals surface area contributed by atoms with E-state index >= 15 is 0 Å². The molecule has 0 aliphatic carbocycles. The molecule has 1 aliphatic rings. The predicted molar refractivity (Wildman–Crippen MR) is 84.9 cm³/mol. The van der Waals surface area contributed by atoms with Gasteiger partial charge in [0.25, 0.3) is 5.91 Å². The molecular formula is C15H12BrN3O3. The lowest BCUT2D eigenvalue weighted by Gasteiger charge is -2.27. The number of hydrogen-bond donors (Lipinski definition) is 1. The molecule has 2 heterocycles. The zero-order valence-corrected chi connectivity index (χ0v) is 13.0. The summed E-state index contributed by atoms with van der Waals surface area (Å²) in [6.45, 7) is -0.207. The Kier molecular flexibility index (Phi) is 4.06. The van der Waals surface area contributed by atoms with Gasteiger partial charge in [-0.2, -0.15) is 0 Å². The molecule has 0 radical (unpaired) electrons. The fraction of sp³-hybridized carbons (Fsp3) is 0.133. The predicted octanol–water partition coefficient (Wildman–Crippen LogP) is 2.21. The van der Waals surface area contributed by atoms with E-state index < -0.39 is 0 Å². The molecule has 2 amide bonds. The summed E-state index contributed by atoms with van der Waals surface area (Å²) in [5.74, 6) is 0.265. The van der Waals surface area contributed by atoms with E-state index in [4.69, 9.17) is 4.74 Å². The van der Waals surface area contributed by atoms with Crippen LogP contribution in [0, 0.1) is 0 Å².